The highest BCUT2D eigenvalue weighted by Crippen LogP contribution is 2.28. The van der Waals surface area contributed by atoms with Gasteiger partial charge < -0.3 is 20.8 Å². The molecule has 1 aliphatic heterocycles. The lowest BCUT2D eigenvalue weighted by Gasteiger charge is -2.20. The van der Waals surface area contributed by atoms with E-state index < -0.39 is 5.97 Å². The number of aliphatic hydroxyl groups excluding tert-OH is 1. The molecule has 0 spiro atoms. The number of hydrogen-bond donors (Lipinski definition) is 3. The van der Waals surface area contributed by atoms with Crippen LogP contribution in [0.25, 0.3) is 0 Å². The number of carboxylic acids is 1. The molecule has 5 nitrogen and oxygen atoms in total. The van der Waals surface area contributed by atoms with Crippen LogP contribution in [0.2, 0.25) is 0 Å². The third kappa shape index (κ3) is 2.34. The SMILES string of the molecule is Nc1ccc(N2CCC(CO)C2)c(C(=O)O)c1. The van der Waals surface area contributed by atoms with Crippen molar-refractivity contribution in [1.82, 2.24) is 0 Å². The number of nitrogens with zero attached hydrogens (tertiary/aromatic N) is 1. The lowest BCUT2D eigenvalue weighted by atomic mass is 10.1. The molecule has 0 radical (unpaired) electrons. The first kappa shape index (κ1) is 11.7. The maximum absolute atomic E-state index is 11.2. The Labute approximate surface area is 99.5 Å². The zero-order chi connectivity index (χ0) is 12.4. The van der Waals surface area contributed by atoms with Crippen LogP contribution in [0.15, 0.2) is 18.2 Å². The van der Waals surface area contributed by atoms with Gasteiger partial charge in [0.05, 0.1) is 11.3 Å². The molecule has 5 heteroatoms. The van der Waals surface area contributed by atoms with E-state index in [1.54, 1.807) is 12.1 Å². The lowest BCUT2D eigenvalue weighted by molar-refractivity contribution is 0.0697. The summed E-state index contributed by atoms with van der Waals surface area (Å²) in [7, 11) is 0. The normalized spacial score (nSPS) is 19.6. The molecule has 1 aromatic rings. The molecule has 92 valence electrons. The predicted octanol–water partition coefficient (Wildman–Crippen LogP) is 0.786. The molecule has 1 heterocycles. The van der Waals surface area contributed by atoms with Gasteiger partial charge in [0.25, 0.3) is 0 Å². The predicted molar refractivity (Wildman–Crippen MR) is 65.2 cm³/mol. The second-order valence-corrected chi connectivity index (χ2v) is 4.37. The van der Waals surface area contributed by atoms with Crippen molar-refractivity contribution in [2.75, 3.05) is 30.3 Å². The maximum Gasteiger partial charge on any atom is 0.337 e. The van der Waals surface area contributed by atoms with E-state index in [1.807, 2.05) is 4.90 Å². The number of aliphatic hydroxyl groups is 1. The summed E-state index contributed by atoms with van der Waals surface area (Å²) >= 11 is 0. The van der Waals surface area contributed by atoms with E-state index >= 15 is 0 Å². The van der Waals surface area contributed by atoms with Gasteiger partial charge in [0, 0.05) is 31.3 Å². The molecule has 0 saturated carbocycles. The first-order valence-electron chi connectivity index (χ1n) is 5.60. The molecule has 0 bridgehead atoms. The van der Waals surface area contributed by atoms with Gasteiger partial charge in [-0.15, -0.1) is 0 Å². The molecule has 4 N–H and O–H groups in total. The van der Waals surface area contributed by atoms with Crippen LogP contribution in [0.3, 0.4) is 0 Å². The van der Waals surface area contributed by atoms with Gasteiger partial charge >= 0.3 is 5.97 Å². The fourth-order valence-corrected chi connectivity index (χ4v) is 2.20. The Morgan fingerprint density at radius 3 is 2.88 bits per heavy atom. The Kier molecular flexibility index (Phi) is 3.19. The minimum Gasteiger partial charge on any atom is -0.478 e. The van der Waals surface area contributed by atoms with Gasteiger partial charge in [-0.3, -0.25) is 0 Å². The number of aromatic carboxylic acids is 1. The topological polar surface area (TPSA) is 86.8 Å². The van der Waals surface area contributed by atoms with E-state index in [1.165, 1.54) is 6.07 Å². The van der Waals surface area contributed by atoms with Crippen LogP contribution in [0.4, 0.5) is 11.4 Å². The lowest BCUT2D eigenvalue weighted by Crippen LogP contribution is -2.23. The van der Waals surface area contributed by atoms with E-state index in [2.05, 4.69) is 0 Å². The van der Waals surface area contributed by atoms with Crippen LogP contribution < -0.4 is 10.6 Å². The monoisotopic (exact) mass is 236 g/mol. The number of carbonyl (C=O) groups is 1. The van der Waals surface area contributed by atoms with Crippen molar-refractivity contribution in [3.63, 3.8) is 0 Å². The summed E-state index contributed by atoms with van der Waals surface area (Å²) in [6, 6.07) is 4.91. The molecule has 1 aromatic carbocycles. The van der Waals surface area contributed by atoms with E-state index in [4.69, 9.17) is 15.9 Å². The molecule has 2 rings (SSSR count). The Hall–Kier alpha value is -1.75. The van der Waals surface area contributed by atoms with Crippen molar-refractivity contribution in [2.45, 2.75) is 6.42 Å². The zero-order valence-corrected chi connectivity index (χ0v) is 9.47. The molecule has 1 unspecified atom stereocenters. The molecule has 0 aliphatic carbocycles. The van der Waals surface area contributed by atoms with Crippen LogP contribution in [-0.2, 0) is 0 Å². The summed E-state index contributed by atoms with van der Waals surface area (Å²) < 4.78 is 0. The molecular formula is C12H16N2O3. The number of benzene rings is 1. The van der Waals surface area contributed by atoms with Crippen molar-refractivity contribution in [2.24, 2.45) is 5.92 Å². The number of hydrogen-bond acceptors (Lipinski definition) is 4. The average molecular weight is 236 g/mol. The highest BCUT2D eigenvalue weighted by Gasteiger charge is 2.25. The van der Waals surface area contributed by atoms with Crippen LogP contribution in [0.5, 0.6) is 0 Å². The minimum absolute atomic E-state index is 0.147. The molecule has 0 amide bonds. The Morgan fingerprint density at radius 1 is 1.53 bits per heavy atom. The van der Waals surface area contributed by atoms with Crippen LogP contribution in [0.1, 0.15) is 16.8 Å². The fourth-order valence-electron chi connectivity index (χ4n) is 2.20. The number of nitrogen functional groups attached to an aromatic ring is 1. The molecule has 1 atom stereocenters. The third-order valence-corrected chi connectivity index (χ3v) is 3.14. The van der Waals surface area contributed by atoms with Crippen molar-refractivity contribution >= 4 is 17.3 Å². The Morgan fingerprint density at radius 2 is 2.29 bits per heavy atom. The Bertz CT molecular complexity index is 434. The summed E-state index contributed by atoms with van der Waals surface area (Å²) in [5.74, 6) is -0.742. The number of carboxylic acid groups (broad SMARTS) is 1. The quantitative estimate of drug-likeness (QED) is 0.675. The van der Waals surface area contributed by atoms with Gasteiger partial charge in [-0.25, -0.2) is 4.79 Å². The van der Waals surface area contributed by atoms with Gasteiger partial charge in [0.1, 0.15) is 0 Å². The molecule has 17 heavy (non-hydrogen) atoms. The maximum atomic E-state index is 11.2. The first-order chi connectivity index (χ1) is 8.11. The second kappa shape index (κ2) is 4.63. The smallest absolute Gasteiger partial charge is 0.337 e. The van der Waals surface area contributed by atoms with E-state index in [-0.39, 0.29) is 18.1 Å². The van der Waals surface area contributed by atoms with Gasteiger partial charge in [-0.1, -0.05) is 0 Å². The number of rotatable bonds is 3. The van der Waals surface area contributed by atoms with Crippen LogP contribution in [-0.4, -0.2) is 35.9 Å². The zero-order valence-electron chi connectivity index (χ0n) is 9.47. The highest BCUT2D eigenvalue weighted by atomic mass is 16.4. The van der Waals surface area contributed by atoms with Gasteiger partial charge in [0.15, 0.2) is 0 Å². The van der Waals surface area contributed by atoms with Crippen LogP contribution in [0, 0.1) is 5.92 Å². The highest BCUT2D eigenvalue weighted by molar-refractivity contribution is 5.95. The van der Waals surface area contributed by atoms with Gasteiger partial charge in [-0.05, 0) is 24.6 Å². The van der Waals surface area contributed by atoms with E-state index in [0.717, 1.165) is 13.0 Å². The number of nitrogens with two attached hydrogens (primary N) is 1. The van der Waals surface area contributed by atoms with Crippen molar-refractivity contribution in [3.8, 4) is 0 Å². The molecule has 0 aromatic heterocycles. The first-order valence-corrected chi connectivity index (χ1v) is 5.60. The van der Waals surface area contributed by atoms with Gasteiger partial charge in [-0.2, -0.15) is 0 Å². The Balaban J connectivity index is 2.29. The van der Waals surface area contributed by atoms with Crippen molar-refractivity contribution in [3.05, 3.63) is 23.8 Å². The average Bonchev–Trinajstić information content (AvgIpc) is 2.77. The summed E-state index contributed by atoms with van der Waals surface area (Å²) in [5.41, 5.74) is 6.95. The molecule has 1 aliphatic rings. The van der Waals surface area contributed by atoms with E-state index in [0.29, 0.717) is 17.9 Å². The van der Waals surface area contributed by atoms with Crippen molar-refractivity contribution in [1.29, 1.82) is 0 Å². The van der Waals surface area contributed by atoms with Gasteiger partial charge in [0.2, 0.25) is 0 Å². The third-order valence-electron chi connectivity index (χ3n) is 3.14. The molecular weight excluding hydrogens is 220 g/mol. The second-order valence-electron chi connectivity index (χ2n) is 4.37. The fraction of sp³-hybridized carbons (Fsp3) is 0.417. The molecule has 1 fully saturated rings. The van der Waals surface area contributed by atoms with Crippen molar-refractivity contribution < 1.29 is 15.0 Å². The summed E-state index contributed by atoms with van der Waals surface area (Å²) in [5, 5.41) is 18.2. The number of anilines is 2. The van der Waals surface area contributed by atoms with Crippen LogP contribution >= 0.6 is 0 Å². The minimum atomic E-state index is -0.972. The summed E-state index contributed by atoms with van der Waals surface area (Å²) in [6.07, 6.45) is 0.889. The molecule has 1 saturated heterocycles. The summed E-state index contributed by atoms with van der Waals surface area (Å²) in [4.78, 5) is 13.1. The summed E-state index contributed by atoms with van der Waals surface area (Å²) in [6.45, 7) is 1.62. The van der Waals surface area contributed by atoms with E-state index in [9.17, 15) is 4.79 Å². The largest absolute Gasteiger partial charge is 0.478 e. The standard InChI is InChI=1S/C12H16N2O3/c13-9-1-2-11(10(5-9)12(16)17)14-4-3-8(6-14)7-15/h1-2,5,8,15H,3-4,6-7,13H2,(H,16,17).